The first-order chi connectivity index (χ1) is 14.6. The summed E-state index contributed by atoms with van der Waals surface area (Å²) < 4.78 is 0. The zero-order valence-corrected chi connectivity index (χ0v) is 16.6. The van der Waals surface area contributed by atoms with E-state index in [1.54, 1.807) is 49.9 Å². The number of aromatic nitrogens is 4. The molecule has 30 heavy (non-hydrogen) atoms. The van der Waals surface area contributed by atoms with Gasteiger partial charge in [0.1, 0.15) is 5.69 Å². The minimum atomic E-state index is -0.462. The lowest BCUT2D eigenvalue weighted by Crippen LogP contribution is -2.51. The third-order valence-corrected chi connectivity index (χ3v) is 5.04. The molecule has 0 unspecified atom stereocenters. The van der Waals surface area contributed by atoms with Crippen LogP contribution in [-0.2, 0) is 0 Å². The zero-order chi connectivity index (χ0) is 20.9. The normalized spacial score (nSPS) is 14.4. The summed E-state index contributed by atoms with van der Waals surface area (Å²) in [6.45, 7) is 4.75. The highest BCUT2D eigenvalue weighted by molar-refractivity contribution is 6.45. The zero-order valence-electron chi connectivity index (χ0n) is 16.6. The quantitative estimate of drug-likeness (QED) is 0.616. The fourth-order valence-electron chi connectivity index (χ4n) is 3.40. The number of rotatable bonds is 5. The molecule has 0 saturated carbocycles. The van der Waals surface area contributed by atoms with Crippen LogP contribution in [0.2, 0.25) is 6.82 Å². The second-order valence-corrected chi connectivity index (χ2v) is 7.01. The minimum absolute atomic E-state index is 0.262. The Morgan fingerprint density at radius 1 is 1.07 bits per heavy atom. The van der Waals surface area contributed by atoms with E-state index in [1.807, 2.05) is 16.9 Å². The third-order valence-electron chi connectivity index (χ3n) is 5.04. The van der Waals surface area contributed by atoms with Gasteiger partial charge in [-0.2, -0.15) is 0 Å². The molecule has 10 heteroatoms. The number of carbonyl (C=O) groups excluding carboxylic acids is 1. The van der Waals surface area contributed by atoms with Gasteiger partial charge >= 0.3 is 7.05 Å². The van der Waals surface area contributed by atoms with E-state index in [0.29, 0.717) is 11.5 Å². The summed E-state index contributed by atoms with van der Waals surface area (Å²) in [6.07, 6.45) is 8.23. The van der Waals surface area contributed by atoms with Gasteiger partial charge in [-0.1, -0.05) is 0 Å². The average molecular weight is 403 g/mol. The van der Waals surface area contributed by atoms with Gasteiger partial charge in [0.2, 0.25) is 0 Å². The van der Waals surface area contributed by atoms with Crippen LogP contribution in [0.4, 0.5) is 11.4 Å². The van der Waals surface area contributed by atoms with Crippen LogP contribution in [0.3, 0.4) is 0 Å². The summed E-state index contributed by atoms with van der Waals surface area (Å²) in [6, 6.07) is 7.10. The molecule has 1 amide bonds. The SMILES string of the molecule is CB(O)N1CCN(c2ccncc2NC(=O)c2ccnc(-c3cccnc3)n2)CC1. The van der Waals surface area contributed by atoms with Crippen LogP contribution >= 0.6 is 0 Å². The molecule has 4 heterocycles. The molecule has 0 aliphatic carbocycles. The van der Waals surface area contributed by atoms with Crippen LogP contribution < -0.4 is 10.2 Å². The second kappa shape index (κ2) is 8.97. The van der Waals surface area contributed by atoms with Gasteiger partial charge in [0, 0.05) is 56.5 Å². The Kier molecular flexibility index (Phi) is 5.96. The van der Waals surface area contributed by atoms with Crippen molar-refractivity contribution in [3.05, 3.63) is 60.9 Å². The smallest absolute Gasteiger partial charge is 0.376 e. The molecule has 0 spiro atoms. The number of hydrogen-bond donors (Lipinski definition) is 2. The van der Waals surface area contributed by atoms with Crippen LogP contribution in [0.15, 0.2) is 55.2 Å². The molecule has 152 valence electrons. The van der Waals surface area contributed by atoms with E-state index in [0.717, 1.165) is 37.4 Å². The van der Waals surface area contributed by atoms with Crippen molar-refractivity contribution in [3.8, 4) is 11.4 Å². The largest absolute Gasteiger partial charge is 0.437 e. The van der Waals surface area contributed by atoms with Crippen LogP contribution in [0.1, 0.15) is 10.5 Å². The molecule has 0 atom stereocenters. The summed E-state index contributed by atoms with van der Waals surface area (Å²) in [5.74, 6) is 0.107. The first kappa shape index (κ1) is 19.9. The van der Waals surface area contributed by atoms with Gasteiger partial charge in [-0.15, -0.1) is 0 Å². The summed E-state index contributed by atoms with van der Waals surface area (Å²) in [5.41, 5.74) is 2.52. The Balaban J connectivity index is 1.51. The van der Waals surface area contributed by atoms with Gasteiger partial charge in [-0.25, -0.2) is 9.97 Å². The third kappa shape index (κ3) is 4.45. The number of pyridine rings is 2. The molecule has 0 radical (unpaired) electrons. The number of amides is 1. The molecule has 2 N–H and O–H groups in total. The van der Waals surface area contributed by atoms with Crippen molar-refractivity contribution in [1.82, 2.24) is 24.7 Å². The molecule has 0 aromatic carbocycles. The van der Waals surface area contributed by atoms with Gasteiger partial charge in [-0.05, 0) is 31.1 Å². The average Bonchev–Trinajstić information content (AvgIpc) is 2.80. The Labute approximate surface area is 175 Å². The summed E-state index contributed by atoms with van der Waals surface area (Å²) in [7, 11) is -0.462. The van der Waals surface area contributed by atoms with Crippen molar-refractivity contribution < 1.29 is 9.82 Å². The molecule has 4 rings (SSSR count). The van der Waals surface area contributed by atoms with Crippen LogP contribution in [-0.4, -0.2) is 68.9 Å². The molecule has 3 aromatic heterocycles. The number of piperazine rings is 1. The summed E-state index contributed by atoms with van der Waals surface area (Å²) in [4.78, 5) is 33.9. The number of hydrogen-bond acceptors (Lipinski definition) is 8. The maximum Gasteiger partial charge on any atom is 0.376 e. The molecule has 9 nitrogen and oxygen atoms in total. The highest BCUT2D eigenvalue weighted by Crippen LogP contribution is 2.26. The van der Waals surface area contributed by atoms with Gasteiger partial charge in [0.15, 0.2) is 5.82 Å². The molecule has 1 aliphatic rings. The van der Waals surface area contributed by atoms with E-state index in [1.165, 1.54) is 0 Å². The lowest BCUT2D eigenvalue weighted by molar-refractivity contribution is 0.102. The number of nitrogens with one attached hydrogen (secondary N) is 1. The van der Waals surface area contributed by atoms with Crippen LogP contribution in [0.25, 0.3) is 11.4 Å². The predicted octanol–water partition coefficient (Wildman–Crippen LogP) is 1.42. The van der Waals surface area contributed by atoms with Gasteiger partial charge in [0.25, 0.3) is 5.91 Å². The van der Waals surface area contributed by atoms with Gasteiger partial charge in [-0.3, -0.25) is 14.8 Å². The van der Waals surface area contributed by atoms with Crippen molar-refractivity contribution in [1.29, 1.82) is 0 Å². The lowest BCUT2D eigenvalue weighted by atomic mass is 9.84. The highest BCUT2D eigenvalue weighted by Gasteiger charge is 2.24. The predicted molar refractivity (Wildman–Crippen MR) is 115 cm³/mol. The fraction of sp³-hybridized carbons (Fsp3) is 0.250. The molecule has 3 aromatic rings. The first-order valence-electron chi connectivity index (χ1n) is 9.77. The van der Waals surface area contributed by atoms with E-state index in [-0.39, 0.29) is 11.6 Å². The standard InChI is InChI=1S/C20H22BN7O2/c1-21(30)28-11-9-27(10-12-28)18-5-7-23-14-17(18)26-20(29)16-4-8-24-19(25-16)15-3-2-6-22-13-15/h2-8,13-14,30H,9-12H2,1H3,(H,26,29). The maximum atomic E-state index is 12.9. The molecule has 1 fully saturated rings. The molecule has 0 bridgehead atoms. The van der Waals surface area contributed by atoms with Gasteiger partial charge < -0.3 is 20.1 Å². The maximum absolute atomic E-state index is 12.9. The Bertz CT molecular complexity index is 1010. The van der Waals surface area contributed by atoms with E-state index >= 15 is 0 Å². The minimum Gasteiger partial charge on any atom is -0.437 e. The van der Waals surface area contributed by atoms with Crippen molar-refractivity contribution in [2.24, 2.45) is 0 Å². The highest BCUT2D eigenvalue weighted by atomic mass is 16.2. The van der Waals surface area contributed by atoms with Crippen molar-refractivity contribution in [2.45, 2.75) is 6.82 Å². The monoisotopic (exact) mass is 403 g/mol. The number of anilines is 2. The number of carbonyl (C=O) groups is 1. The van der Waals surface area contributed by atoms with Crippen molar-refractivity contribution >= 4 is 24.3 Å². The molecule has 1 saturated heterocycles. The van der Waals surface area contributed by atoms with Crippen molar-refractivity contribution in [2.75, 3.05) is 36.4 Å². The fourth-order valence-corrected chi connectivity index (χ4v) is 3.40. The topological polar surface area (TPSA) is 107 Å². The summed E-state index contributed by atoms with van der Waals surface area (Å²) in [5, 5.41) is 12.7. The lowest BCUT2D eigenvalue weighted by Gasteiger charge is -2.37. The van der Waals surface area contributed by atoms with E-state index in [2.05, 4.69) is 30.2 Å². The second-order valence-electron chi connectivity index (χ2n) is 7.01. The van der Waals surface area contributed by atoms with E-state index < -0.39 is 7.05 Å². The van der Waals surface area contributed by atoms with Gasteiger partial charge in [0.05, 0.1) is 17.6 Å². The molecular formula is C20H22BN7O2. The van der Waals surface area contributed by atoms with E-state index in [9.17, 15) is 9.82 Å². The van der Waals surface area contributed by atoms with Crippen LogP contribution in [0, 0.1) is 0 Å². The van der Waals surface area contributed by atoms with Crippen LogP contribution in [0.5, 0.6) is 0 Å². The van der Waals surface area contributed by atoms with E-state index in [4.69, 9.17) is 0 Å². The Morgan fingerprint density at radius 2 is 1.87 bits per heavy atom. The first-order valence-corrected chi connectivity index (χ1v) is 9.77. The molecule has 1 aliphatic heterocycles. The Morgan fingerprint density at radius 3 is 2.60 bits per heavy atom. The molecular weight excluding hydrogens is 381 g/mol. The Hall–Kier alpha value is -3.37. The number of nitrogens with zero attached hydrogens (tertiary/aromatic N) is 6. The van der Waals surface area contributed by atoms with Crippen molar-refractivity contribution in [3.63, 3.8) is 0 Å². The summed E-state index contributed by atoms with van der Waals surface area (Å²) >= 11 is 0.